The molecule has 0 aromatic heterocycles. The van der Waals surface area contributed by atoms with E-state index in [0.29, 0.717) is 30.2 Å². The maximum atomic E-state index is 12.8. The number of carboxylic acids is 1. The molecule has 9 heteroatoms. The molecule has 42 heavy (non-hydrogen) atoms. The Morgan fingerprint density at radius 3 is 2.24 bits per heavy atom. The first-order valence-corrected chi connectivity index (χ1v) is 14.2. The number of carbonyl (C=O) groups excluding carboxylic acids is 2. The number of methoxy groups -OCH3 is 1. The molecule has 0 bridgehead atoms. The number of rotatable bonds is 10. The van der Waals surface area contributed by atoms with E-state index < -0.39 is 11.5 Å². The van der Waals surface area contributed by atoms with Crippen LogP contribution in [0.25, 0.3) is 0 Å². The van der Waals surface area contributed by atoms with E-state index in [4.69, 9.17) is 4.74 Å². The van der Waals surface area contributed by atoms with Gasteiger partial charge in [0.2, 0.25) is 5.91 Å². The van der Waals surface area contributed by atoms with E-state index in [-0.39, 0.29) is 30.3 Å². The minimum Gasteiger partial charge on any atom is -0.495 e. The Kier molecular flexibility index (Phi) is 9.85. The smallest absolute Gasteiger partial charge is 0.323 e. The third-order valence-corrected chi connectivity index (χ3v) is 8.22. The molecule has 3 aromatic carbocycles. The summed E-state index contributed by atoms with van der Waals surface area (Å²) < 4.78 is 5.66. The van der Waals surface area contributed by atoms with Crippen LogP contribution < -0.4 is 20.7 Å². The number of nitrogens with zero attached hydrogens (tertiary/aromatic N) is 1. The average Bonchev–Trinajstić information content (AvgIpc) is 2.97. The lowest BCUT2D eigenvalue weighted by Crippen LogP contribution is -2.52. The number of para-hydroxylation sites is 1. The summed E-state index contributed by atoms with van der Waals surface area (Å²) >= 11 is 0. The minimum absolute atomic E-state index is 0.0285. The van der Waals surface area contributed by atoms with Crippen LogP contribution in [-0.4, -0.2) is 48.1 Å². The van der Waals surface area contributed by atoms with E-state index in [1.165, 1.54) is 6.92 Å². The number of urea groups is 1. The SMILES string of the molecule is COc1cc(C(C)(NC(C)=O)C2CCN(C(CC(=O)O)c3ccccc3)CC2)ccc1NC(=O)Nc1ccccc1C. The molecule has 0 saturated carbocycles. The molecule has 0 radical (unpaired) electrons. The Labute approximate surface area is 247 Å². The van der Waals surface area contributed by atoms with Crippen LogP contribution in [-0.2, 0) is 15.1 Å². The summed E-state index contributed by atoms with van der Waals surface area (Å²) in [5.74, 6) is -0.409. The molecule has 9 nitrogen and oxygen atoms in total. The van der Waals surface area contributed by atoms with E-state index in [1.807, 2.05) is 80.6 Å². The van der Waals surface area contributed by atoms with E-state index in [1.54, 1.807) is 13.2 Å². The molecular weight excluding hydrogens is 532 g/mol. The van der Waals surface area contributed by atoms with Crippen molar-refractivity contribution >= 4 is 29.3 Å². The highest BCUT2D eigenvalue weighted by Gasteiger charge is 2.40. The van der Waals surface area contributed by atoms with Crippen LogP contribution in [0, 0.1) is 12.8 Å². The second-order valence-electron chi connectivity index (χ2n) is 11.0. The predicted molar refractivity (Wildman–Crippen MR) is 164 cm³/mol. The summed E-state index contributed by atoms with van der Waals surface area (Å²) in [4.78, 5) is 39.1. The number of nitrogens with one attached hydrogen (secondary N) is 3. The number of aliphatic carboxylic acids is 1. The van der Waals surface area contributed by atoms with Crippen LogP contribution in [0.2, 0.25) is 0 Å². The van der Waals surface area contributed by atoms with Gasteiger partial charge in [0.05, 0.1) is 24.8 Å². The molecule has 2 unspecified atom stereocenters. The van der Waals surface area contributed by atoms with Crippen LogP contribution in [0.3, 0.4) is 0 Å². The van der Waals surface area contributed by atoms with Crippen molar-refractivity contribution in [2.75, 3.05) is 30.8 Å². The quantitative estimate of drug-likeness (QED) is 0.239. The van der Waals surface area contributed by atoms with E-state index in [0.717, 1.165) is 29.5 Å². The molecule has 4 N–H and O–H groups in total. The first-order chi connectivity index (χ1) is 20.1. The molecule has 3 aromatic rings. The monoisotopic (exact) mass is 572 g/mol. The second kappa shape index (κ2) is 13.5. The Hall–Kier alpha value is -4.37. The van der Waals surface area contributed by atoms with Crippen LogP contribution in [0.5, 0.6) is 5.75 Å². The van der Waals surface area contributed by atoms with Crippen molar-refractivity contribution in [1.82, 2.24) is 10.2 Å². The zero-order valence-electron chi connectivity index (χ0n) is 24.6. The molecular formula is C33H40N4O5. The molecule has 222 valence electrons. The Morgan fingerprint density at radius 2 is 1.62 bits per heavy atom. The van der Waals surface area contributed by atoms with Crippen molar-refractivity contribution in [2.24, 2.45) is 5.92 Å². The number of aryl methyl sites for hydroxylation is 1. The molecule has 3 amide bonds. The van der Waals surface area contributed by atoms with Gasteiger partial charge in [-0.05, 0) is 80.6 Å². The fraction of sp³-hybridized carbons (Fsp3) is 0.364. The number of hydrogen-bond acceptors (Lipinski definition) is 5. The number of piperidine rings is 1. The van der Waals surface area contributed by atoms with Gasteiger partial charge >= 0.3 is 12.0 Å². The lowest BCUT2D eigenvalue weighted by atomic mass is 9.74. The molecule has 1 aliphatic heterocycles. The Bertz CT molecular complexity index is 1400. The number of benzene rings is 3. The molecule has 1 aliphatic rings. The maximum Gasteiger partial charge on any atom is 0.323 e. The highest BCUT2D eigenvalue weighted by atomic mass is 16.5. The third-order valence-electron chi connectivity index (χ3n) is 8.22. The van der Waals surface area contributed by atoms with Gasteiger partial charge in [-0.15, -0.1) is 0 Å². The summed E-state index contributed by atoms with van der Waals surface area (Å²) in [6.07, 6.45) is 1.56. The second-order valence-corrected chi connectivity index (χ2v) is 11.0. The Balaban J connectivity index is 1.53. The molecule has 0 spiro atoms. The highest BCUT2D eigenvalue weighted by molar-refractivity contribution is 6.01. The predicted octanol–water partition coefficient (Wildman–Crippen LogP) is 5.93. The van der Waals surface area contributed by atoms with E-state index >= 15 is 0 Å². The van der Waals surface area contributed by atoms with Gasteiger partial charge < -0.3 is 25.8 Å². The van der Waals surface area contributed by atoms with Gasteiger partial charge in [-0.3, -0.25) is 14.5 Å². The zero-order chi connectivity index (χ0) is 30.3. The zero-order valence-corrected chi connectivity index (χ0v) is 24.6. The van der Waals surface area contributed by atoms with Crippen LogP contribution in [0.15, 0.2) is 72.8 Å². The van der Waals surface area contributed by atoms with Crippen molar-refractivity contribution in [3.63, 3.8) is 0 Å². The summed E-state index contributed by atoms with van der Waals surface area (Å²) in [5.41, 5.74) is 3.32. The normalized spacial score (nSPS) is 16.1. The van der Waals surface area contributed by atoms with Crippen LogP contribution in [0.1, 0.15) is 55.8 Å². The summed E-state index contributed by atoms with van der Waals surface area (Å²) in [6, 6.07) is 22.2. The van der Waals surface area contributed by atoms with Crippen molar-refractivity contribution in [3.05, 3.63) is 89.5 Å². The van der Waals surface area contributed by atoms with Crippen LogP contribution in [0.4, 0.5) is 16.2 Å². The van der Waals surface area contributed by atoms with Crippen molar-refractivity contribution in [2.45, 2.75) is 51.6 Å². The average molecular weight is 573 g/mol. The number of carbonyl (C=O) groups is 3. The summed E-state index contributed by atoms with van der Waals surface area (Å²) in [5, 5.41) is 18.5. The number of anilines is 2. The van der Waals surface area contributed by atoms with Crippen molar-refractivity contribution < 1.29 is 24.2 Å². The lowest BCUT2D eigenvalue weighted by molar-refractivity contribution is -0.138. The standard InChI is InChI=1S/C33H40N4O5/c1-22-10-8-9-13-27(22)34-32(41)35-28-15-14-26(20-30(28)42-4)33(3,36-23(2)38)25-16-18-37(19-17-25)29(21-31(39)40)24-11-6-5-7-12-24/h5-15,20,25,29H,16-19,21H2,1-4H3,(H,36,38)(H,39,40)(H2,34,35,41). The van der Waals surface area contributed by atoms with Crippen LogP contribution >= 0.6 is 0 Å². The number of hydrogen-bond donors (Lipinski definition) is 4. The fourth-order valence-electron chi connectivity index (χ4n) is 5.97. The lowest BCUT2D eigenvalue weighted by Gasteiger charge is -2.45. The molecule has 1 heterocycles. The first-order valence-electron chi connectivity index (χ1n) is 14.2. The van der Waals surface area contributed by atoms with Gasteiger partial charge in [0, 0.05) is 18.7 Å². The largest absolute Gasteiger partial charge is 0.495 e. The van der Waals surface area contributed by atoms with Crippen molar-refractivity contribution in [3.8, 4) is 5.75 Å². The number of amides is 3. The fourth-order valence-corrected chi connectivity index (χ4v) is 5.97. The molecule has 2 atom stereocenters. The van der Waals surface area contributed by atoms with Gasteiger partial charge in [0.25, 0.3) is 0 Å². The van der Waals surface area contributed by atoms with Gasteiger partial charge in [-0.1, -0.05) is 54.6 Å². The summed E-state index contributed by atoms with van der Waals surface area (Å²) in [6.45, 7) is 6.85. The van der Waals surface area contributed by atoms with Gasteiger partial charge in [-0.2, -0.15) is 0 Å². The Morgan fingerprint density at radius 1 is 0.976 bits per heavy atom. The van der Waals surface area contributed by atoms with Gasteiger partial charge in [-0.25, -0.2) is 4.79 Å². The topological polar surface area (TPSA) is 120 Å². The number of ether oxygens (including phenoxy) is 1. The van der Waals surface area contributed by atoms with Gasteiger partial charge in [0.1, 0.15) is 5.75 Å². The minimum atomic E-state index is -0.831. The molecule has 0 aliphatic carbocycles. The maximum absolute atomic E-state index is 12.8. The molecule has 1 fully saturated rings. The van der Waals surface area contributed by atoms with Gasteiger partial charge in [0.15, 0.2) is 0 Å². The number of likely N-dealkylation sites (tertiary alicyclic amines) is 1. The summed E-state index contributed by atoms with van der Waals surface area (Å²) in [7, 11) is 1.55. The van der Waals surface area contributed by atoms with E-state index in [2.05, 4.69) is 20.9 Å². The number of carboxylic acid groups (broad SMARTS) is 1. The molecule has 4 rings (SSSR count). The molecule has 1 saturated heterocycles. The highest BCUT2D eigenvalue weighted by Crippen LogP contribution is 2.41. The first kappa shape index (κ1) is 30.6. The van der Waals surface area contributed by atoms with E-state index in [9.17, 15) is 19.5 Å². The third kappa shape index (κ3) is 7.28. The van der Waals surface area contributed by atoms with Crippen molar-refractivity contribution in [1.29, 1.82) is 0 Å².